The Morgan fingerprint density at radius 1 is 1.36 bits per heavy atom. The SMILES string of the molecule is [O-]N1CCCCC1(O)O.[O]=[V]. The molecule has 1 aliphatic heterocycles. The van der Waals surface area contributed by atoms with Crippen LogP contribution in [-0.2, 0) is 21.0 Å². The van der Waals surface area contributed by atoms with Crippen LogP contribution in [0.3, 0.4) is 0 Å². The topological polar surface area (TPSA) is 83.8 Å². The fraction of sp³-hybridized carbons (Fsp3) is 1.00. The van der Waals surface area contributed by atoms with Crippen LogP contribution < -0.4 is 0 Å². The van der Waals surface area contributed by atoms with Gasteiger partial charge in [0, 0.05) is 6.42 Å². The van der Waals surface area contributed by atoms with E-state index in [1.54, 1.807) is 0 Å². The molecule has 1 saturated heterocycles. The van der Waals surface area contributed by atoms with Crippen molar-refractivity contribution in [3.05, 3.63) is 5.21 Å². The van der Waals surface area contributed by atoms with E-state index in [0.29, 0.717) is 11.5 Å². The average molecular weight is 199 g/mol. The molecule has 5 nitrogen and oxygen atoms in total. The summed E-state index contributed by atoms with van der Waals surface area (Å²) in [5.74, 6) is -2.09. The molecule has 2 N–H and O–H groups in total. The molecule has 1 aliphatic rings. The first kappa shape index (κ1) is 11.2. The van der Waals surface area contributed by atoms with Crippen LogP contribution in [0.25, 0.3) is 0 Å². The van der Waals surface area contributed by atoms with E-state index in [1.165, 1.54) is 0 Å². The molecule has 0 aromatic heterocycles. The summed E-state index contributed by atoms with van der Waals surface area (Å²) >= 11 is 1.06. The molecular formula is C5H10NO4V-. The Morgan fingerprint density at radius 3 is 2.18 bits per heavy atom. The van der Waals surface area contributed by atoms with Crippen molar-refractivity contribution in [3.63, 3.8) is 0 Å². The van der Waals surface area contributed by atoms with Crippen LogP contribution in [0.2, 0.25) is 0 Å². The van der Waals surface area contributed by atoms with Gasteiger partial charge in [0.1, 0.15) is 0 Å². The Labute approximate surface area is 73.8 Å². The van der Waals surface area contributed by atoms with Crippen LogP contribution in [0.15, 0.2) is 0 Å². The quantitative estimate of drug-likeness (QED) is 0.513. The van der Waals surface area contributed by atoms with Gasteiger partial charge in [-0.3, -0.25) is 0 Å². The summed E-state index contributed by atoms with van der Waals surface area (Å²) in [4.78, 5) is 0. The van der Waals surface area contributed by atoms with Gasteiger partial charge in [-0.15, -0.1) is 0 Å². The molecule has 0 amide bonds. The second-order valence-corrected chi connectivity index (χ2v) is 2.33. The van der Waals surface area contributed by atoms with Crippen molar-refractivity contribution in [3.8, 4) is 0 Å². The Bertz CT molecular complexity index is 121. The molecular weight excluding hydrogens is 189 g/mol. The second-order valence-electron chi connectivity index (χ2n) is 2.33. The normalized spacial score (nSPS) is 23.5. The number of hydroxylamine groups is 2. The molecule has 1 rings (SSSR count). The summed E-state index contributed by atoms with van der Waals surface area (Å²) in [5.41, 5.74) is 0. The maximum absolute atomic E-state index is 10.5. The first-order chi connectivity index (χ1) is 5.13. The zero-order valence-electron chi connectivity index (χ0n) is 5.93. The van der Waals surface area contributed by atoms with Gasteiger partial charge >= 0.3 is 21.0 Å². The van der Waals surface area contributed by atoms with E-state index in [4.69, 9.17) is 13.9 Å². The van der Waals surface area contributed by atoms with E-state index in [2.05, 4.69) is 0 Å². The van der Waals surface area contributed by atoms with E-state index in [0.717, 1.165) is 23.8 Å². The summed E-state index contributed by atoms with van der Waals surface area (Å²) < 4.78 is 8.19. The van der Waals surface area contributed by atoms with E-state index in [9.17, 15) is 5.21 Å². The zero-order chi connectivity index (χ0) is 8.91. The van der Waals surface area contributed by atoms with Crippen LogP contribution >= 0.6 is 0 Å². The van der Waals surface area contributed by atoms with Gasteiger partial charge in [-0.1, -0.05) is 0 Å². The number of hydrogen-bond acceptors (Lipinski definition) is 5. The van der Waals surface area contributed by atoms with Crippen LogP contribution in [0.5, 0.6) is 0 Å². The molecule has 1 fully saturated rings. The van der Waals surface area contributed by atoms with Crippen molar-refractivity contribution >= 4 is 0 Å². The molecule has 0 spiro atoms. The van der Waals surface area contributed by atoms with Crippen molar-refractivity contribution in [1.29, 1.82) is 0 Å². The molecule has 0 atom stereocenters. The van der Waals surface area contributed by atoms with Gasteiger partial charge in [-0.05, 0) is 19.4 Å². The first-order valence-electron chi connectivity index (χ1n) is 3.21. The number of nitrogens with zero attached hydrogens (tertiary/aromatic N) is 1. The van der Waals surface area contributed by atoms with Gasteiger partial charge in [0.05, 0.1) is 0 Å². The van der Waals surface area contributed by atoms with Gasteiger partial charge in [-0.25, -0.2) is 0 Å². The van der Waals surface area contributed by atoms with E-state index in [-0.39, 0.29) is 13.0 Å². The molecule has 11 heavy (non-hydrogen) atoms. The summed E-state index contributed by atoms with van der Waals surface area (Å²) in [6.07, 6.45) is 1.63. The summed E-state index contributed by atoms with van der Waals surface area (Å²) in [6, 6.07) is 0. The summed E-state index contributed by atoms with van der Waals surface area (Å²) in [6.45, 7) is 0.229. The first-order valence-corrected chi connectivity index (χ1v) is 3.78. The van der Waals surface area contributed by atoms with Crippen molar-refractivity contribution < 1.29 is 31.3 Å². The van der Waals surface area contributed by atoms with Crippen LogP contribution in [0.4, 0.5) is 0 Å². The number of aliphatic hydroxyl groups is 2. The predicted molar refractivity (Wildman–Crippen MR) is 31.8 cm³/mol. The monoisotopic (exact) mass is 199 g/mol. The van der Waals surface area contributed by atoms with Gasteiger partial charge in [0.2, 0.25) is 5.91 Å². The Morgan fingerprint density at radius 2 is 1.91 bits per heavy atom. The fourth-order valence-corrected chi connectivity index (χ4v) is 0.921. The zero-order valence-corrected chi connectivity index (χ0v) is 7.33. The predicted octanol–water partition coefficient (Wildman–Crippen LogP) is -0.513. The average Bonchev–Trinajstić information content (AvgIpc) is 2.00. The number of rotatable bonds is 0. The number of piperidine rings is 1. The summed E-state index contributed by atoms with van der Waals surface area (Å²) in [7, 11) is 0. The molecule has 0 bridgehead atoms. The molecule has 0 aliphatic carbocycles. The molecule has 0 unspecified atom stereocenters. The van der Waals surface area contributed by atoms with E-state index < -0.39 is 5.91 Å². The Kier molecular flexibility index (Phi) is 5.08. The molecule has 6 heteroatoms. The molecule has 0 aromatic carbocycles. The minimum atomic E-state index is -2.09. The van der Waals surface area contributed by atoms with Crippen molar-refractivity contribution in [2.75, 3.05) is 6.54 Å². The third-order valence-electron chi connectivity index (χ3n) is 1.52. The van der Waals surface area contributed by atoms with Gasteiger partial charge in [0.15, 0.2) is 0 Å². The van der Waals surface area contributed by atoms with E-state index in [1.807, 2.05) is 0 Å². The Balaban J connectivity index is 0.000000461. The van der Waals surface area contributed by atoms with Crippen LogP contribution in [-0.4, -0.2) is 27.7 Å². The molecule has 65 valence electrons. The molecule has 0 aromatic rings. The maximum atomic E-state index is 10.5. The van der Waals surface area contributed by atoms with Gasteiger partial charge in [0.25, 0.3) is 0 Å². The van der Waals surface area contributed by atoms with Gasteiger partial charge < -0.3 is 20.5 Å². The summed E-state index contributed by atoms with van der Waals surface area (Å²) in [5, 5.41) is 28.5. The van der Waals surface area contributed by atoms with Gasteiger partial charge in [-0.2, -0.15) is 0 Å². The minimum absolute atomic E-state index is 0.163. The Hall–Kier alpha value is 0.224. The fourth-order valence-electron chi connectivity index (χ4n) is 0.921. The molecule has 0 radical (unpaired) electrons. The standard InChI is InChI=1S/C5H10NO3.O.V/c7-5(8)3-1-2-4-6(5)9;;/h7-8H,1-4H2;;/q-1;;. The third kappa shape index (κ3) is 3.42. The van der Waals surface area contributed by atoms with Crippen molar-refractivity contribution in [2.45, 2.75) is 25.2 Å². The molecule has 1 heterocycles. The second kappa shape index (κ2) is 4.97. The molecule has 0 saturated carbocycles. The number of hydrogen-bond donors (Lipinski definition) is 2. The van der Waals surface area contributed by atoms with Crippen LogP contribution in [0.1, 0.15) is 19.3 Å². The van der Waals surface area contributed by atoms with Crippen LogP contribution in [0, 0.1) is 5.21 Å². The van der Waals surface area contributed by atoms with Crippen molar-refractivity contribution in [1.82, 2.24) is 5.06 Å². The van der Waals surface area contributed by atoms with Crippen molar-refractivity contribution in [2.24, 2.45) is 0 Å². The third-order valence-corrected chi connectivity index (χ3v) is 1.52. The van der Waals surface area contributed by atoms with E-state index >= 15 is 0 Å².